The third-order valence-electron chi connectivity index (χ3n) is 4.56. The van der Waals surface area contributed by atoms with E-state index in [4.69, 9.17) is 18.0 Å². The van der Waals surface area contributed by atoms with Crippen LogP contribution >= 0.6 is 12.2 Å². The first-order valence-corrected chi connectivity index (χ1v) is 7.64. The summed E-state index contributed by atoms with van der Waals surface area (Å²) in [4.78, 5) is 1.72. The molecule has 0 amide bonds. The van der Waals surface area contributed by atoms with E-state index >= 15 is 0 Å². The highest BCUT2D eigenvalue weighted by Crippen LogP contribution is 2.38. The third-order valence-corrected chi connectivity index (χ3v) is 4.78. The second kappa shape index (κ2) is 5.87. The van der Waals surface area contributed by atoms with Crippen LogP contribution < -0.4 is 10.6 Å². The van der Waals surface area contributed by atoms with Crippen LogP contribution in [0.5, 0.6) is 0 Å². The van der Waals surface area contributed by atoms with Gasteiger partial charge < -0.3 is 10.6 Å². The summed E-state index contributed by atoms with van der Waals surface area (Å²) in [6, 6.07) is 3.26. The van der Waals surface area contributed by atoms with Gasteiger partial charge in [0.1, 0.15) is 4.99 Å². The highest BCUT2D eigenvalue weighted by atomic mass is 32.1. The van der Waals surface area contributed by atoms with Gasteiger partial charge in [0, 0.05) is 18.7 Å². The molecule has 0 radical (unpaired) electrons. The first-order chi connectivity index (χ1) is 9.73. The maximum atomic E-state index is 14.2. The van der Waals surface area contributed by atoms with Crippen LogP contribution in [0.25, 0.3) is 0 Å². The summed E-state index contributed by atoms with van der Waals surface area (Å²) >= 11 is 4.73. The first kappa shape index (κ1) is 16.1. The molecule has 0 unspecified atom stereocenters. The van der Waals surface area contributed by atoms with Gasteiger partial charge in [0.15, 0.2) is 11.6 Å². The molecule has 1 fully saturated rings. The van der Waals surface area contributed by atoms with Crippen LogP contribution in [0, 0.1) is 17.0 Å². The van der Waals surface area contributed by atoms with Crippen LogP contribution in [0.2, 0.25) is 0 Å². The minimum Gasteiger partial charge on any atom is -0.389 e. The number of halogens is 2. The lowest BCUT2D eigenvalue weighted by Crippen LogP contribution is -2.37. The Bertz CT molecular complexity index is 547. The van der Waals surface area contributed by atoms with Gasteiger partial charge in [-0.25, -0.2) is 8.78 Å². The van der Waals surface area contributed by atoms with Crippen molar-refractivity contribution in [2.45, 2.75) is 45.6 Å². The van der Waals surface area contributed by atoms with Gasteiger partial charge in [-0.2, -0.15) is 0 Å². The Hall–Kier alpha value is -1.23. The van der Waals surface area contributed by atoms with Gasteiger partial charge in [-0.15, -0.1) is 0 Å². The molecule has 21 heavy (non-hydrogen) atoms. The Morgan fingerprint density at radius 2 is 1.81 bits per heavy atom. The van der Waals surface area contributed by atoms with Gasteiger partial charge >= 0.3 is 0 Å². The van der Waals surface area contributed by atoms with E-state index in [1.807, 2.05) is 11.9 Å². The van der Waals surface area contributed by atoms with E-state index in [1.165, 1.54) is 6.07 Å². The highest BCUT2D eigenvalue weighted by Gasteiger charge is 2.30. The Morgan fingerprint density at radius 3 is 2.33 bits per heavy atom. The van der Waals surface area contributed by atoms with E-state index in [1.54, 1.807) is 6.07 Å². The smallest absolute Gasteiger partial charge is 0.182 e. The Morgan fingerprint density at radius 1 is 1.24 bits per heavy atom. The van der Waals surface area contributed by atoms with Crippen molar-refractivity contribution >= 4 is 22.9 Å². The number of rotatable bonds is 3. The van der Waals surface area contributed by atoms with E-state index in [0.29, 0.717) is 5.41 Å². The monoisotopic (exact) mass is 312 g/mol. The number of nitrogens with zero attached hydrogens (tertiary/aromatic N) is 1. The normalized spacial score (nSPS) is 18.5. The van der Waals surface area contributed by atoms with Crippen molar-refractivity contribution in [2.24, 2.45) is 11.1 Å². The van der Waals surface area contributed by atoms with E-state index in [9.17, 15) is 8.78 Å². The number of anilines is 1. The molecule has 1 aromatic rings. The molecule has 0 atom stereocenters. The van der Waals surface area contributed by atoms with E-state index in [2.05, 4.69) is 13.8 Å². The van der Waals surface area contributed by atoms with Gasteiger partial charge in [0.2, 0.25) is 0 Å². The van der Waals surface area contributed by atoms with Crippen LogP contribution in [-0.4, -0.2) is 18.1 Å². The van der Waals surface area contributed by atoms with Crippen LogP contribution in [-0.2, 0) is 0 Å². The zero-order chi connectivity index (χ0) is 15.8. The van der Waals surface area contributed by atoms with E-state index < -0.39 is 11.6 Å². The van der Waals surface area contributed by atoms with Gasteiger partial charge in [-0.3, -0.25) is 0 Å². The van der Waals surface area contributed by atoms with Gasteiger partial charge in [-0.1, -0.05) is 26.1 Å². The standard InChI is InChI=1S/C16H22F2N2S/c1-16(2)8-6-10(7-9-16)20(3)12-5-4-11(15(19)21)13(17)14(12)18/h4-5,10H,6-9H2,1-3H3,(H2,19,21). The highest BCUT2D eigenvalue weighted by molar-refractivity contribution is 7.80. The molecule has 2 nitrogen and oxygen atoms in total. The Labute approximate surface area is 130 Å². The summed E-state index contributed by atoms with van der Waals surface area (Å²) in [5.74, 6) is -1.82. The van der Waals surface area contributed by atoms with E-state index in [-0.39, 0.29) is 22.3 Å². The SMILES string of the molecule is CN(c1ccc(C(N)=S)c(F)c1F)C1CCC(C)(C)CC1. The van der Waals surface area contributed by atoms with Crippen molar-refractivity contribution in [3.63, 3.8) is 0 Å². The molecule has 2 N–H and O–H groups in total. The van der Waals surface area contributed by atoms with Crippen molar-refractivity contribution in [2.75, 3.05) is 11.9 Å². The van der Waals surface area contributed by atoms with Crippen molar-refractivity contribution in [3.8, 4) is 0 Å². The van der Waals surface area contributed by atoms with Crippen LogP contribution in [0.3, 0.4) is 0 Å². The fourth-order valence-electron chi connectivity index (χ4n) is 2.97. The number of hydrogen-bond donors (Lipinski definition) is 1. The third kappa shape index (κ3) is 3.34. The Kier molecular flexibility index (Phi) is 4.51. The molecular weight excluding hydrogens is 290 g/mol. The number of thiocarbonyl (C=S) groups is 1. The molecule has 1 aromatic carbocycles. The predicted octanol–water partition coefficient (Wildman–Crippen LogP) is 4.00. The molecule has 0 saturated heterocycles. The minimum atomic E-state index is -0.956. The lowest BCUT2D eigenvalue weighted by atomic mass is 9.75. The van der Waals surface area contributed by atoms with Gasteiger partial charge in [0.25, 0.3) is 0 Å². The Balaban J connectivity index is 2.22. The van der Waals surface area contributed by atoms with E-state index in [0.717, 1.165) is 25.7 Å². The number of benzene rings is 1. The molecule has 1 aliphatic rings. The predicted molar refractivity (Wildman–Crippen MR) is 86.7 cm³/mol. The molecule has 5 heteroatoms. The van der Waals surface area contributed by atoms with Gasteiger partial charge in [-0.05, 0) is 43.2 Å². The zero-order valence-electron chi connectivity index (χ0n) is 12.7. The average molecular weight is 312 g/mol. The van der Waals surface area contributed by atoms with Crippen LogP contribution in [0.4, 0.5) is 14.5 Å². The fraction of sp³-hybridized carbons (Fsp3) is 0.562. The molecule has 0 aliphatic heterocycles. The lowest BCUT2D eigenvalue weighted by Gasteiger charge is -2.39. The van der Waals surface area contributed by atoms with Crippen LogP contribution in [0.1, 0.15) is 45.1 Å². The molecule has 2 rings (SSSR count). The average Bonchev–Trinajstić information content (AvgIpc) is 2.40. The number of hydrogen-bond acceptors (Lipinski definition) is 2. The maximum absolute atomic E-state index is 14.2. The molecule has 1 saturated carbocycles. The quantitative estimate of drug-likeness (QED) is 0.855. The summed E-state index contributed by atoms with van der Waals surface area (Å²) < 4.78 is 28.2. The molecule has 0 aromatic heterocycles. The van der Waals surface area contributed by atoms with Crippen molar-refractivity contribution in [1.29, 1.82) is 0 Å². The largest absolute Gasteiger partial charge is 0.389 e. The van der Waals surface area contributed by atoms with Crippen molar-refractivity contribution in [3.05, 3.63) is 29.3 Å². The molecule has 0 heterocycles. The topological polar surface area (TPSA) is 29.3 Å². The van der Waals surface area contributed by atoms with Crippen molar-refractivity contribution < 1.29 is 8.78 Å². The summed E-state index contributed by atoms with van der Waals surface area (Å²) in [7, 11) is 1.82. The fourth-order valence-corrected chi connectivity index (χ4v) is 3.13. The molecule has 0 spiro atoms. The van der Waals surface area contributed by atoms with Crippen molar-refractivity contribution in [1.82, 2.24) is 0 Å². The summed E-state index contributed by atoms with van der Waals surface area (Å²) in [6.45, 7) is 4.50. The molecule has 116 valence electrons. The summed E-state index contributed by atoms with van der Waals surface area (Å²) in [5, 5.41) is 0. The zero-order valence-corrected chi connectivity index (χ0v) is 13.6. The summed E-state index contributed by atoms with van der Waals surface area (Å²) in [5.41, 5.74) is 5.98. The first-order valence-electron chi connectivity index (χ1n) is 7.23. The summed E-state index contributed by atoms with van der Waals surface area (Å²) in [6.07, 6.45) is 4.16. The second-order valence-electron chi connectivity index (χ2n) is 6.63. The maximum Gasteiger partial charge on any atom is 0.182 e. The molecule has 1 aliphatic carbocycles. The van der Waals surface area contributed by atoms with Gasteiger partial charge in [0.05, 0.1) is 5.69 Å². The second-order valence-corrected chi connectivity index (χ2v) is 7.07. The number of nitrogens with two attached hydrogens (primary N) is 1. The minimum absolute atomic E-state index is 0.0376. The lowest BCUT2D eigenvalue weighted by molar-refractivity contribution is 0.222. The molecule has 0 bridgehead atoms. The van der Waals surface area contributed by atoms with Crippen LogP contribution in [0.15, 0.2) is 12.1 Å². The molecular formula is C16H22F2N2S.